The molecule has 6 nitrogen and oxygen atoms in total. The topological polar surface area (TPSA) is 56.6 Å². The van der Waals surface area contributed by atoms with Gasteiger partial charge in [-0.3, -0.25) is 4.79 Å². The van der Waals surface area contributed by atoms with Crippen LogP contribution in [0.5, 0.6) is 5.75 Å². The van der Waals surface area contributed by atoms with E-state index in [0.29, 0.717) is 16.6 Å². The van der Waals surface area contributed by atoms with E-state index in [0.717, 1.165) is 4.90 Å². The molecule has 0 unspecified atom stereocenters. The third-order valence-corrected chi connectivity index (χ3v) is 5.82. The van der Waals surface area contributed by atoms with Crippen molar-refractivity contribution in [2.45, 2.75) is 31.3 Å². The van der Waals surface area contributed by atoms with Gasteiger partial charge < -0.3 is 18.9 Å². The van der Waals surface area contributed by atoms with Gasteiger partial charge in [-0.1, -0.05) is 17.9 Å². The highest BCUT2D eigenvalue weighted by Gasteiger charge is 2.45. The molecule has 0 fully saturated rings. The summed E-state index contributed by atoms with van der Waals surface area (Å²) in [6.07, 6.45) is -4.41. The quantitative estimate of drug-likeness (QED) is 0.300. The van der Waals surface area contributed by atoms with Gasteiger partial charge >= 0.3 is 12.8 Å². The maximum atomic E-state index is 13.4. The highest BCUT2D eigenvalue weighted by atomic mass is 19.4. The van der Waals surface area contributed by atoms with Gasteiger partial charge in [-0.2, -0.15) is 22.0 Å². The molecular weight excluding hydrogens is 473 g/mol. The average molecular weight is 494 g/mol. The van der Waals surface area contributed by atoms with Gasteiger partial charge in [0, 0.05) is 34.2 Å². The number of amides is 1. The van der Waals surface area contributed by atoms with Crippen LogP contribution in [-0.4, -0.2) is 53.3 Å². The minimum absolute atomic E-state index is 0.0558. The van der Waals surface area contributed by atoms with E-state index in [1.807, 2.05) is 0 Å². The summed E-state index contributed by atoms with van der Waals surface area (Å²) in [6.45, 7) is -7.92. The number of imidazole rings is 1. The molecule has 0 saturated carbocycles. The van der Waals surface area contributed by atoms with Gasteiger partial charge in [-0.05, 0) is 30.3 Å². The highest BCUT2D eigenvalue weighted by molar-refractivity contribution is 5.97. The van der Waals surface area contributed by atoms with Crippen LogP contribution >= 0.6 is 0 Å². The lowest BCUT2D eigenvalue weighted by Gasteiger charge is -2.24. The lowest BCUT2D eigenvalue weighted by molar-refractivity contribution is -0.170. The van der Waals surface area contributed by atoms with Crippen molar-refractivity contribution in [3.05, 3.63) is 58.9 Å². The van der Waals surface area contributed by atoms with Crippen molar-refractivity contribution < 1.29 is 40.3 Å². The molecule has 5 rings (SSSR count). The van der Waals surface area contributed by atoms with E-state index in [2.05, 4.69) is 21.6 Å². The Morgan fingerprint density at radius 1 is 1.26 bits per heavy atom. The Morgan fingerprint density at radius 2 is 2.09 bits per heavy atom. The Morgan fingerprint density at radius 3 is 2.83 bits per heavy atom. The molecule has 0 radical (unpaired) electrons. The highest BCUT2D eigenvalue weighted by Crippen LogP contribution is 2.49. The Labute approximate surface area is 200 Å². The lowest BCUT2D eigenvalue weighted by Crippen LogP contribution is -2.30. The average Bonchev–Trinajstić information content (AvgIpc) is 3.30. The SMILES string of the molecule is [2H]C([2H])([2H])N1C(=O)c2cccc(OC(F)F)c2[C@H]2C[C@@H]1c1nc3ccc(C#CCOCC(F)(F)F)cc3n12. The molecule has 35 heavy (non-hydrogen) atoms. The molecule has 2 aliphatic rings. The number of nitrogens with zero attached hydrogens (tertiary/aromatic N) is 3. The fourth-order valence-corrected chi connectivity index (χ4v) is 4.54. The fourth-order valence-electron chi connectivity index (χ4n) is 4.54. The Hall–Kier alpha value is -3.65. The first-order chi connectivity index (χ1) is 17.8. The predicted molar refractivity (Wildman–Crippen MR) is 114 cm³/mol. The molecular formula is C24H18F5N3O3. The molecule has 3 heterocycles. The molecule has 2 aliphatic heterocycles. The molecule has 0 N–H and O–H groups in total. The summed E-state index contributed by atoms with van der Waals surface area (Å²) >= 11 is 0. The summed E-state index contributed by atoms with van der Waals surface area (Å²) in [7, 11) is 0. The molecule has 1 aromatic heterocycles. The number of fused-ring (bicyclic) bond motifs is 9. The zero-order chi connectivity index (χ0) is 27.4. The van der Waals surface area contributed by atoms with Gasteiger partial charge in [0.1, 0.15) is 24.8 Å². The second-order valence-corrected chi connectivity index (χ2v) is 7.99. The third-order valence-electron chi connectivity index (χ3n) is 5.82. The first-order valence-corrected chi connectivity index (χ1v) is 10.4. The number of ether oxygens (including phenoxy) is 2. The monoisotopic (exact) mass is 494 g/mol. The molecule has 0 aliphatic carbocycles. The number of carbonyl (C=O) groups excluding carboxylic acids is 1. The molecule has 0 saturated heterocycles. The van der Waals surface area contributed by atoms with E-state index >= 15 is 0 Å². The van der Waals surface area contributed by atoms with Crippen molar-refractivity contribution in [1.29, 1.82) is 0 Å². The van der Waals surface area contributed by atoms with Crippen LogP contribution in [-0.2, 0) is 4.74 Å². The first-order valence-electron chi connectivity index (χ1n) is 11.9. The van der Waals surface area contributed by atoms with Gasteiger partial charge in [0.05, 0.1) is 23.1 Å². The lowest BCUT2D eigenvalue weighted by atomic mass is 9.97. The van der Waals surface area contributed by atoms with Crippen molar-refractivity contribution in [3.8, 4) is 17.6 Å². The maximum absolute atomic E-state index is 13.4. The number of benzene rings is 2. The van der Waals surface area contributed by atoms with Gasteiger partial charge in [0.25, 0.3) is 5.91 Å². The van der Waals surface area contributed by atoms with E-state index in [4.69, 9.17) is 8.85 Å². The fraction of sp³-hybridized carbons (Fsp3) is 0.333. The molecule has 11 heteroatoms. The van der Waals surface area contributed by atoms with Crippen LogP contribution in [0.15, 0.2) is 36.4 Å². The number of halogens is 5. The van der Waals surface area contributed by atoms with Crippen LogP contribution in [0.3, 0.4) is 0 Å². The molecule has 2 atom stereocenters. The van der Waals surface area contributed by atoms with E-state index in [1.54, 1.807) is 22.8 Å². The summed E-state index contributed by atoms with van der Waals surface area (Å²) in [5.41, 5.74) is 1.37. The summed E-state index contributed by atoms with van der Waals surface area (Å²) < 4.78 is 98.2. The summed E-state index contributed by atoms with van der Waals surface area (Å²) in [5.74, 6) is 4.36. The normalized spacial score (nSPS) is 20.5. The van der Waals surface area contributed by atoms with Crippen molar-refractivity contribution in [1.82, 2.24) is 14.5 Å². The van der Waals surface area contributed by atoms with Crippen LogP contribution in [0.4, 0.5) is 22.0 Å². The maximum Gasteiger partial charge on any atom is 0.411 e. The molecule has 182 valence electrons. The number of hydrogen-bond acceptors (Lipinski definition) is 4. The number of carbonyl (C=O) groups is 1. The number of alkyl halides is 5. The summed E-state index contributed by atoms with van der Waals surface area (Å²) in [6, 6.07) is 7.03. The second-order valence-electron chi connectivity index (χ2n) is 7.99. The summed E-state index contributed by atoms with van der Waals surface area (Å²) in [5, 5.41) is 0. The Bertz CT molecular complexity index is 1480. The molecule has 2 bridgehead atoms. The van der Waals surface area contributed by atoms with Gasteiger partial charge in [0.15, 0.2) is 0 Å². The van der Waals surface area contributed by atoms with Crippen LogP contribution in [0, 0.1) is 11.8 Å². The van der Waals surface area contributed by atoms with Crippen LogP contribution in [0.2, 0.25) is 0 Å². The van der Waals surface area contributed by atoms with Gasteiger partial charge in [0.2, 0.25) is 0 Å². The predicted octanol–water partition coefficient (Wildman–Crippen LogP) is 4.69. The first kappa shape index (κ1) is 19.6. The van der Waals surface area contributed by atoms with Crippen LogP contribution in [0.1, 0.15) is 49.9 Å². The van der Waals surface area contributed by atoms with Crippen LogP contribution < -0.4 is 4.74 Å². The number of aromatic nitrogens is 2. The van der Waals surface area contributed by atoms with E-state index in [1.165, 1.54) is 18.2 Å². The molecule has 2 aromatic carbocycles. The zero-order valence-corrected chi connectivity index (χ0v) is 17.8. The summed E-state index contributed by atoms with van der Waals surface area (Å²) in [4.78, 5) is 18.7. The second kappa shape index (κ2) is 8.53. The third kappa shape index (κ3) is 4.18. The Kier molecular flexibility index (Phi) is 4.79. The minimum Gasteiger partial charge on any atom is -0.434 e. The van der Waals surface area contributed by atoms with E-state index < -0.39 is 51.0 Å². The Balaban J connectivity index is 1.63. The van der Waals surface area contributed by atoms with Gasteiger partial charge in [-0.15, -0.1) is 0 Å². The van der Waals surface area contributed by atoms with Gasteiger partial charge in [-0.25, -0.2) is 4.98 Å². The van der Waals surface area contributed by atoms with Crippen molar-refractivity contribution in [2.75, 3.05) is 20.2 Å². The van der Waals surface area contributed by atoms with Crippen molar-refractivity contribution in [2.24, 2.45) is 0 Å². The number of hydrogen-bond donors (Lipinski definition) is 0. The van der Waals surface area contributed by atoms with Crippen molar-refractivity contribution >= 4 is 16.9 Å². The molecule has 3 aromatic rings. The molecule has 1 amide bonds. The largest absolute Gasteiger partial charge is 0.434 e. The number of rotatable bonds is 4. The zero-order valence-electron chi connectivity index (χ0n) is 20.8. The molecule has 0 spiro atoms. The van der Waals surface area contributed by atoms with Crippen LogP contribution in [0.25, 0.3) is 11.0 Å². The smallest absolute Gasteiger partial charge is 0.411 e. The van der Waals surface area contributed by atoms with E-state index in [9.17, 15) is 26.7 Å². The standard InChI is InChI=1S/C24H18F5N3O3/c1-31-18-11-17(20-14(22(31)33)5-2-6-19(20)35-23(25)26)32-16-10-13(7-8-15(16)30-21(18)32)4-3-9-34-12-24(27,28)29/h2,5-8,10,17-18,23H,9,11-12H2,1H3/t17-,18-/m1/s1/i1D3. The van der Waals surface area contributed by atoms with E-state index in [-0.39, 0.29) is 29.1 Å². The van der Waals surface area contributed by atoms with Crippen molar-refractivity contribution in [3.63, 3.8) is 0 Å². The minimum atomic E-state index is -4.47.